The van der Waals surface area contributed by atoms with Gasteiger partial charge in [-0.05, 0) is 51.4 Å². The second-order valence-corrected chi connectivity index (χ2v) is 16.1. The molecule has 16 nitrogen and oxygen atoms in total. The molecule has 0 bridgehead atoms. The number of likely N-dealkylation sites (N-methyl/N-ethyl adjacent to an activating group) is 1. The zero-order valence-corrected chi connectivity index (χ0v) is 34.0. The van der Waals surface area contributed by atoms with Gasteiger partial charge in [0, 0.05) is 38.3 Å². The van der Waals surface area contributed by atoms with Crippen LogP contribution in [0.25, 0.3) is 0 Å². The highest BCUT2D eigenvalue weighted by atomic mass is 16.5. The first-order valence-corrected chi connectivity index (χ1v) is 20.9. The number of urea groups is 1. The summed E-state index contributed by atoms with van der Waals surface area (Å²) in [6, 6.07) is -5.38. The fraction of sp³-hybridized carbons (Fsp3) is 0.846. The number of amides is 7. The quantitative estimate of drug-likeness (QED) is 0.105. The molecule has 0 aromatic rings. The summed E-state index contributed by atoms with van der Waals surface area (Å²) in [4.78, 5) is 84.1. The smallest absolute Gasteiger partial charge is 0.315 e. The lowest BCUT2D eigenvalue weighted by molar-refractivity contribution is -0.147. The second-order valence-electron chi connectivity index (χ2n) is 16.1. The fourth-order valence-corrected chi connectivity index (χ4v) is 7.79. The minimum absolute atomic E-state index is 0.0276. The molecule has 3 fully saturated rings. The number of carbonyl (C=O) groups excluding carboxylic acids is 6. The summed E-state index contributed by atoms with van der Waals surface area (Å²) >= 11 is 0. The Morgan fingerprint density at radius 1 is 0.818 bits per heavy atom. The molecule has 10 N–H and O–H groups in total. The number of rotatable bonds is 12. The number of nitrogens with one attached hydrogen (secondary N) is 6. The Kier molecular flexibility index (Phi) is 19.6. The molecule has 0 aromatic carbocycles. The van der Waals surface area contributed by atoms with Crippen LogP contribution in [0.4, 0.5) is 4.79 Å². The minimum atomic E-state index is -1.24. The summed E-state index contributed by atoms with van der Waals surface area (Å²) in [5.41, 5.74) is 11.9. The molecule has 1 saturated heterocycles. The molecule has 0 radical (unpaired) electrons. The van der Waals surface area contributed by atoms with E-state index in [1.54, 1.807) is 14.0 Å². The van der Waals surface area contributed by atoms with Crippen LogP contribution in [0, 0.1) is 11.8 Å². The number of nitrogens with zero attached hydrogens (tertiary/aromatic N) is 1. The van der Waals surface area contributed by atoms with E-state index in [0.29, 0.717) is 44.9 Å². The average molecular weight is 778 g/mol. The summed E-state index contributed by atoms with van der Waals surface area (Å²) in [6.07, 6.45) is 11.6. The van der Waals surface area contributed by atoms with Crippen molar-refractivity contribution in [1.29, 1.82) is 0 Å². The normalized spacial score (nSPS) is 31.3. The van der Waals surface area contributed by atoms with Gasteiger partial charge < -0.3 is 53.0 Å². The molecule has 2 aliphatic carbocycles. The van der Waals surface area contributed by atoms with Gasteiger partial charge in [-0.15, -0.1) is 0 Å². The molecule has 55 heavy (non-hydrogen) atoms. The Hall–Kier alpha value is -3.50. The van der Waals surface area contributed by atoms with Crippen molar-refractivity contribution >= 4 is 35.6 Å². The molecule has 3 rings (SSSR count). The standard InChI is InChI=1S/C39H71N9O7/c1-6-8-9-14-18-32-25(4)38(53)48(5)31(15-7-2)36(51)47-33(26-16-12-10-11-13-17-26)37(52)45-29(21-40)34(49)46-30(35(50)43-24(3)23-55-32)22-42-39(54)44-28-19-27(41)20-28/h24-33H,6-23,40-41H2,1-5H3,(H,43,50)(H,45,52)(H,46,49)(H,47,51)(H2,42,44,54)/t24-,25-,27-,28-,29+,30+,31+,32-,33+/m1/s1. The van der Waals surface area contributed by atoms with Crippen LogP contribution < -0.4 is 43.4 Å². The molecule has 314 valence electrons. The molecule has 2 saturated carbocycles. The number of unbranched alkanes of at least 4 members (excludes halogenated alkanes) is 3. The minimum Gasteiger partial charge on any atom is -0.375 e. The third-order valence-electron chi connectivity index (χ3n) is 11.3. The molecule has 0 spiro atoms. The lowest BCUT2D eigenvalue weighted by Gasteiger charge is -2.34. The van der Waals surface area contributed by atoms with Gasteiger partial charge in [0.2, 0.25) is 29.5 Å². The van der Waals surface area contributed by atoms with Crippen molar-refractivity contribution in [3.63, 3.8) is 0 Å². The van der Waals surface area contributed by atoms with E-state index in [2.05, 4.69) is 38.8 Å². The summed E-state index contributed by atoms with van der Waals surface area (Å²) in [5, 5.41) is 16.8. The van der Waals surface area contributed by atoms with Gasteiger partial charge in [0.25, 0.3) is 0 Å². The molecule has 1 heterocycles. The zero-order chi connectivity index (χ0) is 40.5. The molecule has 0 unspecified atom stereocenters. The summed E-state index contributed by atoms with van der Waals surface area (Å²) in [5.74, 6) is -3.33. The van der Waals surface area contributed by atoms with E-state index < -0.39 is 71.9 Å². The fourth-order valence-electron chi connectivity index (χ4n) is 7.79. The topological polar surface area (TPSA) is 239 Å². The van der Waals surface area contributed by atoms with Gasteiger partial charge in [0.1, 0.15) is 24.2 Å². The Morgan fingerprint density at radius 3 is 2.09 bits per heavy atom. The van der Waals surface area contributed by atoms with Crippen LogP contribution in [-0.4, -0.2) is 116 Å². The van der Waals surface area contributed by atoms with Crippen molar-refractivity contribution in [2.24, 2.45) is 23.3 Å². The van der Waals surface area contributed by atoms with Gasteiger partial charge in [0.15, 0.2) is 0 Å². The predicted molar refractivity (Wildman–Crippen MR) is 210 cm³/mol. The Labute approximate surface area is 327 Å². The second kappa shape index (κ2) is 23.5. The number of ether oxygens (including phenoxy) is 1. The van der Waals surface area contributed by atoms with Gasteiger partial charge in [-0.25, -0.2) is 4.79 Å². The molecule has 7 amide bonds. The van der Waals surface area contributed by atoms with Crippen LogP contribution in [0.5, 0.6) is 0 Å². The van der Waals surface area contributed by atoms with Crippen molar-refractivity contribution < 1.29 is 33.5 Å². The van der Waals surface area contributed by atoms with Crippen LogP contribution in [0.1, 0.15) is 124 Å². The molecule has 3 aliphatic rings. The molecule has 1 aliphatic heterocycles. The van der Waals surface area contributed by atoms with Gasteiger partial charge in [0.05, 0.1) is 18.6 Å². The first-order chi connectivity index (χ1) is 26.3. The lowest BCUT2D eigenvalue weighted by Crippen LogP contribution is -2.63. The van der Waals surface area contributed by atoms with E-state index in [0.717, 1.165) is 51.4 Å². The van der Waals surface area contributed by atoms with Gasteiger partial charge in [-0.1, -0.05) is 78.6 Å². The molecule has 7 atom stereocenters. The molecule has 16 heteroatoms. The van der Waals surface area contributed by atoms with E-state index in [1.807, 2.05) is 13.8 Å². The molecular formula is C39H71N9O7. The largest absolute Gasteiger partial charge is 0.375 e. The lowest BCUT2D eigenvalue weighted by atomic mass is 9.88. The van der Waals surface area contributed by atoms with Crippen molar-refractivity contribution in [3.8, 4) is 0 Å². The summed E-state index contributed by atoms with van der Waals surface area (Å²) < 4.78 is 6.37. The first kappa shape index (κ1) is 45.9. The maximum atomic E-state index is 14.2. The predicted octanol–water partition coefficient (Wildman–Crippen LogP) is 1.30. The highest BCUT2D eigenvalue weighted by Gasteiger charge is 2.38. The van der Waals surface area contributed by atoms with E-state index >= 15 is 0 Å². The van der Waals surface area contributed by atoms with E-state index in [-0.39, 0.29) is 43.6 Å². The van der Waals surface area contributed by atoms with E-state index in [4.69, 9.17) is 16.2 Å². The van der Waals surface area contributed by atoms with Crippen LogP contribution in [0.2, 0.25) is 0 Å². The van der Waals surface area contributed by atoms with Crippen molar-refractivity contribution in [3.05, 3.63) is 0 Å². The zero-order valence-electron chi connectivity index (χ0n) is 34.0. The van der Waals surface area contributed by atoms with Crippen LogP contribution in [0.3, 0.4) is 0 Å². The Morgan fingerprint density at radius 2 is 1.47 bits per heavy atom. The van der Waals surface area contributed by atoms with Crippen molar-refractivity contribution in [2.45, 2.75) is 172 Å². The number of hydrogen-bond donors (Lipinski definition) is 8. The summed E-state index contributed by atoms with van der Waals surface area (Å²) in [6.45, 7) is 7.17. The van der Waals surface area contributed by atoms with Crippen molar-refractivity contribution in [2.75, 3.05) is 26.7 Å². The van der Waals surface area contributed by atoms with E-state index in [9.17, 15) is 28.8 Å². The third-order valence-corrected chi connectivity index (χ3v) is 11.3. The van der Waals surface area contributed by atoms with Gasteiger partial charge in [-0.2, -0.15) is 0 Å². The van der Waals surface area contributed by atoms with Crippen LogP contribution in [-0.2, 0) is 28.7 Å². The monoisotopic (exact) mass is 778 g/mol. The highest BCUT2D eigenvalue weighted by Crippen LogP contribution is 2.27. The number of hydrogen-bond acceptors (Lipinski definition) is 9. The highest BCUT2D eigenvalue weighted by molar-refractivity contribution is 5.96. The van der Waals surface area contributed by atoms with Gasteiger partial charge >= 0.3 is 6.03 Å². The van der Waals surface area contributed by atoms with Gasteiger partial charge in [-0.3, -0.25) is 24.0 Å². The first-order valence-electron chi connectivity index (χ1n) is 20.9. The SMILES string of the molecule is CCCCCC[C@H]1OC[C@@H](C)NC(=O)[C@H](CNC(=O)N[C@H]2C[C@H](N)C2)NC(=O)[C@H](CN)NC(=O)[C@H](C2CCCCCC2)NC(=O)[C@H](CCC)N(C)C(=O)[C@@H]1C. The molecular weight excluding hydrogens is 706 g/mol. The average Bonchev–Trinajstić information content (AvgIpc) is 3.43. The summed E-state index contributed by atoms with van der Waals surface area (Å²) in [7, 11) is 1.63. The third kappa shape index (κ3) is 14.5. The van der Waals surface area contributed by atoms with Crippen molar-refractivity contribution in [1.82, 2.24) is 36.8 Å². The Balaban J connectivity index is 1.96. The van der Waals surface area contributed by atoms with E-state index in [1.165, 1.54) is 4.90 Å². The maximum absolute atomic E-state index is 14.2. The number of carbonyl (C=O) groups is 6. The molecule has 0 aromatic heterocycles. The number of nitrogens with two attached hydrogens (primary N) is 2. The van der Waals surface area contributed by atoms with Crippen LogP contribution >= 0.6 is 0 Å². The maximum Gasteiger partial charge on any atom is 0.315 e. The Bertz CT molecular complexity index is 1260. The van der Waals surface area contributed by atoms with Crippen LogP contribution in [0.15, 0.2) is 0 Å².